The zero-order chi connectivity index (χ0) is 13.7. The zero-order valence-corrected chi connectivity index (χ0v) is 12.8. The van der Waals surface area contributed by atoms with E-state index in [1.54, 1.807) is 0 Å². The average Bonchev–Trinajstić information content (AvgIpc) is 2.89. The first kappa shape index (κ1) is 15.0. The Hall–Kier alpha value is -0.420. The summed E-state index contributed by atoms with van der Waals surface area (Å²) in [5, 5.41) is 1.87. The Morgan fingerprint density at radius 3 is 2.79 bits per heavy atom. The van der Waals surface area contributed by atoms with Crippen molar-refractivity contribution >= 4 is 40.1 Å². The van der Waals surface area contributed by atoms with Gasteiger partial charge in [0, 0.05) is 22.4 Å². The number of halogens is 2. The molecule has 6 heteroatoms. The van der Waals surface area contributed by atoms with E-state index in [0.717, 1.165) is 25.0 Å². The number of hydrogen-bond acceptors (Lipinski definition) is 3. The van der Waals surface area contributed by atoms with Crippen molar-refractivity contribution in [1.82, 2.24) is 0 Å². The largest absolute Gasteiger partial charge is 0.379 e. The van der Waals surface area contributed by atoms with Crippen LogP contribution in [0.2, 0.25) is 10.0 Å². The monoisotopic (exact) mass is 318 g/mol. The second-order valence-corrected chi connectivity index (χ2v) is 6.11. The third kappa shape index (κ3) is 4.56. The van der Waals surface area contributed by atoms with Gasteiger partial charge in [0.05, 0.1) is 12.6 Å². The lowest BCUT2D eigenvalue weighted by Gasteiger charge is -2.08. The summed E-state index contributed by atoms with van der Waals surface area (Å²) in [5.41, 5.74) is 6.77. The molecular formula is C13H16Cl2N2OS. The molecule has 2 rings (SSSR count). The minimum Gasteiger partial charge on any atom is -0.379 e. The normalized spacial score (nSPS) is 19.9. The third-order valence-electron chi connectivity index (χ3n) is 2.90. The Kier molecular flexibility index (Phi) is 5.82. The van der Waals surface area contributed by atoms with Crippen molar-refractivity contribution in [3.05, 3.63) is 33.8 Å². The number of aliphatic imine (C=N–C) groups is 1. The fourth-order valence-electron chi connectivity index (χ4n) is 1.84. The number of hydrogen-bond donors (Lipinski definition) is 1. The Labute approximate surface area is 127 Å². The molecule has 2 N–H and O–H groups in total. The molecule has 1 aromatic carbocycles. The van der Waals surface area contributed by atoms with Gasteiger partial charge in [-0.05, 0) is 30.5 Å². The van der Waals surface area contributed by atoms with E-state index in [1.807, 2.05) is 18.2 Å². The lowest BCUT2D eigenvalue weighted by Crippen LogP contribution is -2.14. The van der Waals surface area contributed by atoms with Crippen LogP contribution in [0.15, 0.2) is 23.2 Å². The van der Waals surface area contributed by atoms with Gasteiger partial charge in [-0.15, -0.1) is 0 Å². The van der Waals surface area contributed by atoms with Gasteiger partial charge in [0.1, 0.15) is 0 Å². The van der Waals surface area contributed by atoms with E-state index in [4.69, 9.17) is 33.7 Å². The molecule has 0 radical (unpaired) electrons. The number of nitrogens with two attached hydrogens (primary N) is 1. The molecule has 1 aliphatic rings. The summed E-state index contributed by atoms with van der Waals surface area (Å²) in [4.78, 5) is 4.33. The van der Waals surface area contributed by atoms with Crippen LogP contribution < -0.4 is 5.73 Å². The van der Waals surface area contributed by atoms with Gasteiger partial charge in [-0.2, -0.15) is 0 Å². The van der Waals surface area contributed by atoms with Crippen molar-refractivity contribution in [3.63, 3.8) is 0 Å². The molecule has 1 heterocycles. The molecule has 1 fully saturated rings. The van der Waals surface area contributed by atoms with Crippen molar-refractivity contribution in [2.24, 2.45) is 10.7 Å². The second-order valence-electron chi connectivity index (χ2n) is 4.30. The number of rotatable bonds is 4. The SMILES string of the molecule is NC(=NC[C@H]1CCCO1)SCc1c(Cl)cccc1Cl. The number of ether oxygens (including phenoxy) is 1. The lowest BCUT2D eigenvalue weighted by molar-refractivity contribution is 0.118. The van der Waals surface area contributed by atoms with E-state index in [9.17, 15) is 0 Å². The maximum atomic E-state index is 6.10. The highest BCUT2D eigenvalue weighted by molar-refractivity contribution is 8.13. The lowest BCUT2D eigenvalue weighted by atomic mass is 10.2. The van der Waals surface area contributed by atoms with Gasteiger partial charge >= 0.3 is 0 Å². The Morgan fingerprint density at radius 1 is 1.42 bits per heavy atom. The molecule has 3 nitrogen and oxygen atoms in total. The standard InChI is InChI=1S/C13H16Cl2N2OS/c14-11-4-1-5-12(15)10(11)8-19-13(16)17-7-9-3-2-6-18-9/h1,4-5,9H,2-3,6-8H2,(H2,16,17)/t9-/m1/s1. The minimum absolute atomic E-state index is 0.225. The Morgan fingerprint density at radius 2 is 2.16 bits per heavy atom. The van der Waals surface area contributed by atoms with Crippen LogP contribution in [0.1, 0.15) is 18.4 Å². The van der Waals surface area contributed by atoms with Crippen LogP contribution in [0.3, 0.4) is 0 Å². The molecule has 0 amide bonds. The topological polar surface area (TPSA) is 47.6 Å². The molecule has 104 valence electrons. The summed E-state index contributed by atoms with van der Waals surface area (Å²) in [6, 6.07) is 5.47. The maximum Gasteiger partial charge on any atom is 0.154 e. The molecule has 1 atom stereocenters. The summed E-state index contributed by atoms with van der Waals surface area (Å²) < 4.78 is 5.49. The quantitative estimate of drug-likeness (QED) is 0.680. The summed E-state index contributed by atoms with van der Waals surface area (Å²) in [6.07, 6.45) is 2.41. The van der Waals surface area contributed by atoms with Gasteiger partial charge in [0.25, 0.3) is 0 Å². The zero-order valence-electron chi connectivity index (χ0n) is 10.4. The Balaban J connectivity index is 1.85. The van der Waals surface area contributed by atoms with Crippen LogP contribution in [0.25, 0.3) is 0 Å². The van der Waals surface area contributed by atoms with Gasteiger partial charge in [-0.3, -0.25) is 4.99 Å². The average molecular weight is 319 g/mol. The van der Waals surface area contributed by atoms with Crippen molar-refractivity contribution in [1.29, 1.82) is 0 Å². The van der Waals surface area contributed by atoms with Gasteiger partial charge in [-0.25, -0.2) is 0 Å². The summed E-state index contributed by atoms with van der Waals surface area (Å²) >= 11 is 13.6. The van der Waals surface area contributed by atoms with Crippen LogP contribution in [0, 0.1) is 0 Å². The van der Waals surface area contributed by atoms with Crippen molar-refractivity contribution in [3.8, 4) is 0 Å². The highest BCUT2D eigenvalue weighted by atomic mass is 35.5. The number of thioether (sulfide) groups is 1. The summed E-state index contributed by atoms with van der Waals surface area (Å²) in [7, 11) is 0. The first-order valence-electron chi connectivity index (χ1n) is 6.14. The molecule has 0 spiro atoms. The van der Waals surface area contributed by atoms with Crippen LogP contribution >= 0.6 is 35.0 Å². The minimum atomic E-state index is 0.225. The van der Waals surface area contributed by atoms with E-state index in [0.29, 0.717) is 27.5 Å². The molecule has 0 unspecified atom stereocenters. The van der Waals surface area contributed by atoms with E-state index < -0.39 is 0 Å². The van der Waals surface area contributed by atoms with Crippen LogP contribution in [-0.2, 0) is 10.5 Å². The van der Waals surface area contributed by atoms with E-state index >= 15 is 0 Å². The highest BCUT2D eigenvalue weighted by Gasteiger charge is 2.14. The van der Waals surface area contributed by atoms with E-state index in [1.165, 1.54) is 11.8 Å². The van der Waals surface area contributed by atoms with Crippen LogP contribution in [-0.4, -0.2) is 24.4 Å². The molecule has 0 saturated carbocycles. The number of benzene rings is 1. The van der Waals surface area contributed by atoms with Crippen LogP contribution in [0.4, 0.5) is 0 Å². The Bertz CT molecular complexity index is 442. The van der Waals surface area contributed by atoms with E-state index in [2.05, 4.69) is 4.99 Å². The predicted octanol–water partition coefficient (Wildman–Crippen LogP) is 3.72. The molecule has 1 aromatic rings. The maximum absolute atomic E-state index is 6.10. The van der Waals surface area contributed by atoms with Gasteiger partial charge < -0.3 is 10.5 Å². The molecule has 1 saturated heterocycles. The third-order valence-corrected chi connectivity index (χ3v) is 4.47. The van der Waals surface area contributed by atoms with Crippen molar-refractivity contribution in [2.45, 2.75) is 24.7 Å². The molecule has 0 bridgehead atoms. The van der Waals surface area contributed by atoms with Crippen LogP contribution in [0.5, 0.6) is 0 Å². The molecular weight excluding hydrogens is 303 g/mol. The molecule has 0 aromatic heterocycles. The molecule has 0 aliphatic carbocycles. The highest BCUT2D eigenvalue weighted by Crippen LogP contribution is 2.28. The fourth-order valence-corrected chi connectivity index (χ4v) is 3.30. The van der Waals surface area contributed by atoms with Gasteiger partial charge in [-0.1, -0.05) is 41.0 Å². The fraction of sp³-hybridized carbons (Fsp3) is 0.462. The number of nitrogens with zero attached hydrogens (tertiary/aromatic N) is 1. The van der Waals surface area contributed by atoms with E-state index in [-0.39, 0.29) is 6.10 Å². The van der Waals surface area contributed by atoms with Gasteiger partial charge in [0.15, 0.2) is 5.17 Å². The number of amidine groups is 1. The van der Waals surface area contributed by atoms with Crippen molar-refractivity contribution < 1.29 is 4.74 Å². The first-order chi connectivity index (χ1) is 9.16. The second kappa shape index (κ2) is 7.39. The van der Waals surface area contributed by atoms with Gasteiger partial charge in [0.2, 0.25) is 0 Å². The smallest absolute Gasteiger partial charge is 0.154 e. The molecule has 1 aliphatic heterocycles. The summed E-state index contributed by atoms with van der Waals surface area (Å²) in [6.45, 7) is 1.47. The molecule has 19 heavy (non-hydrogen) atoms. The first-order valence-corrected chi connectivity index (χ1v) is 7.88. The summed E-state index contributed by atoms with van der Waals surface area (Å²) in [5.74, 6) is 0.624. The predicted molar refractivity (Wildman–Crippen MR) is 83.2 cm³/mol. The van der Waals surface area contributed by atoms with Crippen molar-refractivity contribution in [2.75, 3.05) is 13.2 Å².